The molecule has 0 aliphatic heterocycles. The summed E-state index contributed by atoms with van der Waals surface area (Å²) >= 11 is 0. The highest BCUT2D eigenvalue weighted by molar-refractivity contribution is 5.69. The number of carboxylic acid groups (broad SMARTS) is 14. The van der Waals surface area contributed by atoms with Crippen molar-refractivity contribution in [1.82, 2.24) is 0 Å². The quantitative estimate of drug-likeness (QED) is 0.177. The van der Waals surface area contributed by atoms with Gasteiger partial charge in [-0.15, -0.1) is 0 Å². The van der Waals surface area contributed by atoms with Crippen molar-refractivity contribution < 1.29 is 153 Å². The fourth-order valence-corrected chi connectivity index (χ4v) is 0.324. The molecule has 0 amide bonds. The summed E-state index contributed by atoms with van der Waals surface area (Å²) in [7, 11) is 0. The largest absolute Gasteiger partial charge is 0.481 e. The van der Waals surface area contributed by atoms with E-state index in [0.29, 0.717) is 6.61 Å². The first-order valence-corrected chi connectivity index (χ1v) is 15.6. The van der Waals surface area contributed by atoms with E-state index in [1.165, 1.54) is 0 Å². The van der Waals surface area contributed by atoms with Gasteiger partial charge >= 0.3 is 5.97 Å². The van der Waals surface area contributed by atoms with Gasteiger partial charge < -0.3 is 81.3 Å². The first-order valence-electron chi connectivity index (χ1n) is 15.6. The summed E-state index contributed by atoms with van der Waals surface area (Å²) in [5, 5.41) is 112. The molecule has 0 fully saturated rings. The Kier molecular flexibility index (Phi) is 150. The summed E-state index contributed by atoms with van der Waals surface area (Å²) in [4.78, 5) is 136. The van der Waals surface area contributed by atoms with Crippen molar-refractivity contribution in [2.24, 2.45) is 0 Å². The number of carboxylic acids is 14. The van der Waals surface area contributed by atoms with E-state index in [-0.39, 0.29) is 19.0 Å². The van der Waals surface area contributed by atoms with E-state index in [0.717, 1.165) is 96.9 Å². The molecule has 0 unspecified atom stereocenters. The van der Waals surface area contributed by atoms with Crippen LogP contribution < -0.4 is 0 Å². The summed E-state index contributed by atoms with van der Waals surface area (Å²) in [6.07, 6.45) is 0.105. The minimum atomic E-state index is -0.833. The summed E-state index contributed by atoms with van der Waals surface area (Å²) in [6, 6.07) is 0. The lowest BCUT2D eigenvalue weighted by molar-refractivity contribution is -0.144. The summed E-state index contributed by atoms with van der Waals surface area (Å²) in [5.74, 6) is -12.0. The van der Waals surface area contributed by atoms with Crippen molar-refractivity contribution in [3.8, 4) is 0 Å². The average molecular weight is 959 g/mol. The summed E-state index contributed by atoms with van der Waals surface area (Å²) < 4.78 is 4.48. The third-order valence-electron chi connectivity index (χ3n) is 0.621. The normalized spacial score (nSPS) is 6.56. The van der Waals surface area contributed by atoms with Gasteiger partial charge in [0, 0.05) is 96.9 Å². The molecule has 0 aromatic rings. The molecule has 384 valence electrons. The second kappa shape index (κ2) is 95.4. The van der Waals surface area contributed by atoms with E-state index in [1.807, 2.05) is 0 Å². The van der Waals surface area contributed by atoms with Crippen molar-refractivity contribution in [3.05, 3.63) is 0 Å². The summed E-state index contributed by atoms with van der Waals surface area (Å²) in [5.41, 5.74) is 0. The van der Waals surface area contributed by atoms with Crippen LogP contribution in [0.25, 0.3) is 0 Å². The van der Waals surface area contributed by atoms with Crippen LogP contribution in [0.15, 0.2) is 0 Å². The van der Waals surface area contributed by atoms with Gasteiger partial charge in [-0.25, -0.2) is 0 Å². The van der Waals surface area contributed by atoms with Gasteiger partial charge in [0.2, 0.25) is 0 Å². The van der Waals surface area contributed by atoms with Crippen molar-refractivity contribution in [1.29, 1.82) is 0 Å². The minimum absolute atomic E-state index is 0.105. The van der Waals surface area contributed by atoms with Gasteiger partial charge in [-0.3, -0.25) is 71.9 Å². The predicted octanol–water partition coefficient (Wildman–Crippen LogP) is 1.20. The zero-order chi connectivity index (χ0) is 56.5. The van der Waals surface area contributed by atoms with Crippen molar-refractivity contribution >= 4 is 89.5 Å². The molecule has 64 heavy (non-hydrogen) atoms. The molecule has 0 saturated carbocycles. The lowest BCUT2D eigenvalue weighted by Gasteiger charge is -1.96. The molecule has 0 aliphatic rings. The van der Waals surface area contributed by atoms with Gasteiger partial charge in [0.05, 0.1) is 19.6 Å². The molecule has 0 bridgehead atoms. The number of aliphatic carboxylic acids is 14. The number of aliphatic hydroxyl groups excluding tert-OH is 1. The molecule has 15 N–H and O–H groups in total. The van der Waals surface area contributed by atoms with Crippen molar-refractivity contribution in [3.63, 3.8) is 0 Å². The van der Waals surface area contributed by atoms with Gasteiger partial charge in [-0.1, -0.05) is 0 Å². The van der Waals surface area contributed by atoms with Crippen LogP contribution in [-0.4, -0.2) is 179 Å². The molecule has 0 aromatic heterocycles. The third-order valence-corrected chi connectivity index (χ3v) is 0.621. The number of hydrogen-bond acceptors (Lipinski definition) is 17. The number of hydrogen-bond donors (Lipinski definition) is 15. The highest BCUT2D eigenvalue weighted by Crippen LogP contribution is 1.82. The van der Waals surface area contributed by atoms with Crippen LogP contribution in [0.3, 0.4) is 0 Å². The number of carbonyl (C=O) groups excluding carboxylic acids is 1. The predicted molar refractivity (Wildman–Crippen MR) is 215 cm³/mol. The Hall–Kier alpha value is -7.99. The van der Waals surface area contributed by atoms with Gasteiger partial charge in [0.15, 0.2) is 0 Å². The molecular formula is C33H66O31. The molecule has 0 atom stereocenters. The Morgan fingerprint density at radius 2 is 0.344 bits per heavy atom. The van der Waals surface area contributed by atoms with E-state index >= 15 is 0 Å². The van der Waals surface area contributed by atoms with Crippen LogP contribution >= 0.6 is 0 Å². The molecular weight excluding hydrogens is 892 g/mol. The van der Waals surface area contributed by atoms with E-state index < -0.39 is 83.6 Å². The Labute approximate surface area is 366 Å². The van der Waals surface area contributed by atoms with Crippen molar-refractivity contribution in [2.75, 3.05) is 13.2 Å². The maximum Gasteiger partial charge on any atom is 0.308 e. The smallest absolute Gasteiger partial charge is 0.308 e. The van der Waals surface area contributed by atoms with Crippen LogP contribution in [0.5, 0.6) is 0 Å². The molecule has 0 heterocycles. The van der Waals surface area contributed by atoms with Gasteiger partial charge in [-0.2, -0.15) is 0 Å². The number of aliphatic hydroxyl groups is 1. The summed E-state index contributed by atoms with van der Waals surface area (Å²) in [6.45, 7) is 17.2. The number of esters is 1. The van der Waals surface area contributed by atoms with E-state index in [2.05, 4.69) is 4.74 Å². The highest BCUT2D eigenvalue weighted by atomic mass is 16.5. The third kappa shape index (κ3) is 38300. The standard InChI is InChI=1S/C5H10O3.14C2H4O2/c1-2-8-5(7)3-4-6;14*1-2(3)4/h6H,2-4H2,1H3;14*1H3,(H,3,4). The van der Waals surface area contributed by atoms with Gasteiger partial charge in [0.1, 0.15) is 0 Å². The number of ether oxygens (including phenoxy) is 1. The first kappa shape index (κ1) is 101. The maximum atomic E-state index is 10.3. The molecule has 0 rings (SSSR count). The Balaban J connectivity index is -0.0000000311. The zero-order valence-corrected chi connectivity index (χ0v) is 37.9. The number of rotatable bonds is 3. The molecule has 0 spiro atoms. The van der Waals surface area contributed by atoms with Gasteiger partial charge in [0.25, 0.3) is 83.6 Å². The van der Waals surface area contributed by atoms with Gasteiger partial charge in [-0.05, 0) is 6.92 Å². The van der Waals surface area contributed by atoms with Crippen LogP contribution in [0.1, 0.15) is 110 Å². The fraction of sp³-hybridized carbons (Fsp3) is 0.545. The van der Waals surface area contributed by atoms with E-state index in [1.54, 1.807) is 6.92 Å². The lowest BCUT2D eigenvalue weighted by Crippen LogP contribution is -2.05. The monoisotopic (exact) mass is 958 g/mol. The molecule has 0 radical (unpaired) electrons. The Morgan fingerprint density at radius 1 is 0.266 bits per heavy atom. The second-order valence-corrected chi connectivity index (χ2v) is 8.54. The Bertz CT molecular complexity index is 852. The van der Waals surface area contributed by atoms with Crippen LogP contribution in [-0.2, 0) is 76.7 Å². The molecule has 0 aliphatic carbocycles. The topological polar surface area (TPSA) is 569 Å². The maximum absolute atomic E-state index is 10.3. The molecule has 0 saturated heterocycles. The molecule has 31 nitrogen and oxygen atoms in total. The molecule has 31 heteroatoms. The Morgan fingerprint density at radius 3 is 0.391 bits per heavy atom. The highest BCUT2D eigenvalue weighted by Gasteiger charge is 1.96. The lowest BCUT2D eigenvalue weighted by atomic mass is 10.5. The van der Waals surface area contributed by atoms with Crippen LogP contribution in [0, 0.1) is 0 Å². The average Bonchev–Trinajstić information content (AvgIpc) is 2.89. The number of carbonyl (C=O) groups is 15. The minimum Gasteiger partial charge on any atom is -0.481 e. The fourth-order valence-electron chi connectivity index (χ4n) is 0.324. The van der Waals surface area contributed by atoms with Crippen molar-refractivity contribution in [2.45, 2.75) is 110 Å². The second-order valence-electron chi connectivity index (χ2n) is 8.54. The van der Waals surface area contributed by atoms with Crippen LogP contribution in [0.2, 0.25) is 0 Å². The molecule has 0 aromatic carbocycles. The zero-order valence-electron chi connectivity index (χ0n) is 37.9. The van der Waals surface area contributed by atoms with E-state index in [4.69, 9.17) is 144 Å². The van der Waals surface area contributed by atoms with Crippen LogP contribution in [0.4, 0.5) is 0 Å². The first-order chi connectivity index (χ1) is 28.1. The van der Waals surface area contributed by atoms with E-state index in [9.17, 15) is 4.79 Å². The SMILES string of the molecule is CC(=O)O.CC(=O)O.CC(=O)O.CC(=O)O.CC(=O)O.CC(=O)O.CC(=O)O.CC(=O)O.CC(=O)O.CC(=O)O.CC(=O)O.CC(=O)O.CC(=O)O.CC(=O)O.CCOC(=O)CCO.